The quantitative estimate of drug-likeness (QED) is 0.103. The van der Waals surface area contributed by atoms with E-state index in [1.165, 1.54) is 62.9 Å². The van der Waals surface area contributed by atoms with Gasteiger partial charge in [0.1, 0.15) is 42.9 Å². The number of amides is 6. The van der Waals surface area contributed by atoms with Gasteiger partial charge in [0.25, 0.3) is 5.91 Å². The Balaban J connectivity index is 2.36. The Morgan fingerprint density at radius 2 is 1.20 bits per heavy atom. The van der Waals surface area contributed by atoms with E-state index in [2.05, 4.69) is 36.4 Å². The van der Waals surface area contributed by atoms with E-state index in [0.29, 0.717) is 5.56 Å². The number of para-hydroxylation sites is 1. The average Bonchev–Trinajstić information content (AvgIpc) is 3.67. The molecule has 1 aromatic carbocycles. The summed E-state index contributed by atoms with van der Waals surface area (Å²) in [6.45, 7) is 22.7. The highest BCUT2D eigenvalue weighted by Gasteiger charge is 2.46. The zero-order valence-corrected chi connectivity index (χ0v) is 44.9. The molecule has 0 aliphatic carbocycles. The van der Waals surface area contributed by atoms with Crippen molar-refractivity contribution in [3.05, 3.63) is 48.7 Å². The Morgan fingerprint density at radius 3 is 1.71 bits per heavy atom. The molecule has 9 unspecified atom stereocenters. The molecule has 0 radical (unpaired) electrons. The van der Waals surface area contributed by atoms with Crippen LogP contribution < -0.4 is 20.8 Å². The van der Waals surface area contributed by atoms with Crippen LogP contribution in [-0.2, 0) is 44.7 Å². The standard InChI is InChI=1S/C54H87N7O9/c1-16-19-23-36(8)30-42-51(66)58(12)45(29-35(6)7)48(63)56-41(28-34(4)5)50(65)59(13)46(32-39-33-61(69-15)44-26-22-21-25-40(39)44)49(64)57-43(31-37(9)24-20-17-2)52(67)60(14)54(11,27-18-3)53(68)70-38(10)47(62)55-42/h18,21-22,25-26,33-38,41-43,45-46H,3,16-17,19-20,23-24,27-32H2,1-2,4-15H3,(H,55,62)(H,56,63)(H,57,64). The van der Waals surface area contributed by atoms with Crippen molar-refractivity contribution in [2.24, 2.45) is 23.7 Å². The fourth-order valence-electron chi connectivity index (χ4n) is 9.39. The molecule has 6 amide bonds. The van der Waals surface area contributed by atoms with Gasteiger partial charge in [0.2, 0.25) is 29.5 Å². The van der Waals surface area contributed by atoms with Gasteiger partial charge in [-0.2, -0.15) is 4.73 Å². The van der Waals surface area contributed by atoms with Crippen LogP contribution in [0.1, 0.15) is 145 Å². The summed E-state index contributed by atoms with van der Waals surface area (Å²) in [4.78, 5) is 113. The van der Waals surface area contributed by atoms with Crippen molar-refractivity contribution in [1.29, 1.82) is 0 Å². The first-order valence-corrected chi connectivity index (χ1v) is 25.6. The van der Waals surface area contributed by atoms with E-state index < -0.39 is 83.3 Å². The number of nitrogens with one attached hydrogen (secondary N) is 3. The Morgan fingerprint density at radius 1 is 0.714 bits per heavy atom. The zero-order valence-electron chi connectivity index (χ0n) is 44.9. The number of cyclic esters (lactones) is 1. The summed E-state index contributed by atoms with van der Waals surface area (Å²) in [5.74, 6) is -4.64. The van der Waals surface area contributed by atoms with E-state index in [1.807, 2.05) is 65.8 Å². The minimum absolute atomic E-state index is 0.000132. The third-order valence-electron chi connectivity index (χ3n) is 13.9. The number of aromatic nitrogens is 1. The van der Waals surface area contributed by atoms with E-state index in [9.17, 15) is 19.2 Å². The molecule has 1 aromatic heterocycles. The second-order valence-corrected chi connectivity index (χ2v) is 20.9. The lowest BCUT2D eigenvalue weighted by Gasteiger charge is -2.39. The number of likely N-dealkylation sites (N-methyl/N-ethyl adjacent to an activating group) is 3. The molecule has 16 heteroatoms. The van der Waals surface area contributed by atoms with Crippen LogP contribution in [-0.4, -0.2) is 131 Å². The Labute approximate surface area is 418 Å². The van der Waals surface area contributed by atoms with Gasteiger partial charge in [0.05, 0.1) is 5.52 Å². The van der Waals surface area contributed by atoms with Crippen molar-refractivity contribution >= 4 is 52.3 Å². The van der Waals surface area contributed by atoms with Crippen LogP contribution in [0.25, 0.3) is 10.9 Å². The maximum Gasteiger partial charge on any atom is 0.332 e. The van der Waals surface area contributed by atoms with Gasteiger partial charge in [-0.1, -0.05) is 118 Å². The molecule has 9 atom stereocenters. The van der Waals surface area contributed by atoms with Crippen LogP contribution >= 0.6 is 0 Å². The highest BCUT2D eigenvalue weighted by molar-refractivity contribution is 5.98. The lowest BCUT2D eigenvalue weighted by atomic mass is 9.91. The predicted molar refractivity (Wildman–Crippen MR) is 274 cm³/mol. The van der Waals surface area contributed by atoms with Gasteiger partial charge >= 0.3 is 5.97 Å². The van der Waals surface area contributed by atoms with E-state index in [1.54, 1.807) is 10.9 Å². The first-order valence-electron chi connectivity index (χ1n) is 25.6. The highest BCUT2D eigenvalue weighted by Crippen LogP contribution is 2.28. The Bertz CT molecular complexity index is 2100. The highest BCUT2D eigenvalue weighted by atomic mass is 16.6. The maximum absolute atomic E-state index is 15.2. The van der Waals surface area contributed by atoms with Crippen LogP contribution in [0.4, 0.5) is 0 Å². The minimum Gasteiger partial charge on any atom is -0.451 e. The number of carbonyl (C=O) groups is 7. The van der Waals surface area contributed by atoms with Gasteiger partial charge in [-0.15, -0.1) is 6.58 Å². The number of hydrogen-bond acceptors (Lipinski definition) is 9. The molecule has 0 saturated carbocycles. The van der Waals surface area contributed by atoms with Gasteiger partial charge in [0.15, 0.2) is 6.10 Å². The van der Waals surface area contributed by atoms with Crippen molar-refractivity contribution in [3.63, 3.8) is 0 Å². The van der Waals surface area contributed by atoms with E-state index in [4.69, 9.17) is 9.57 Å². The largest absolute Gasteiger partial charge is 0.451 e. The van der Waals surface area contributed by atoms with Gasteiger partial charge in [-0.3, -0.25) is 28.8 Å². The number of benzene rings is 1. The molecule has 392 valence electrons. The number of rotatable bonds is 19. The summed E-state index contributed by atoms with van der Waals surface area (Å²) in [5, 5.41) is 9.69. The monoisotopic (exact) mass is 978 g/mol. The number of nitrogens with zero attached hydrogens (tertiary/aromatic N) is 4. The number of carbonyl (C=O) groups excluding carboxylic acids is 7. The first-order chi connectivity index (χ1) is 32.9. The van der Waals surface area contributed by atoms with E-state index >= 15 is 14.4 Å². The lowest BCUT2D eigenvalue weighted by molar-refractivity contribution is -0.169. The van der Waals surface area contributed by atoms with E-state index in [0.717, 1.165) is 49.4 Å². The minimum atomic E-state index is -1.69. The molecule has 1 aliphatic rings. The first kappa shape index (κ1) is 58.9. The molecule has 1 aliphatic heterocycles. The molecule has 0 bridgehead atoms. The molecule has 3 N–H and O–H groups in total. The second-order valence-electron chi connectivity index (χ2n) is 20.9. The van der Waals surface area contributed by atoms with Gasteiger partial charge in [-0.05, 0) is 81.3 Å². The van der Waals surface area contributed by atoms with Crippen molar-refractivity contribution in [3.8, 4) is 0 Å². The number of unbranched alkanes of at least 4 members (excludes halogenated alkanes) is 2. The molecule has 2 heterocycles. The molecule has 1 saturated heterocycles. The topological polar surface area (TPSA) is 189 Å². The smallest absolute Gasteiger partial charge is 0.332 e. The summed E-state index contributed by atoms with van der Waals surface area (Å²) < 4.78 is 7.47. The second kappa shape index (κ2) is 27.3. The normalized spacial score (nSPS) is 25.1. The lowest BCUT2D eigenvalue weighted by Crippen LogP contribution is -2.62. The number of hydrogen-bond donors (Lipinski definition) is 3. The number of esters is 1. The molecular weight excluding hydrogens is 891 g/mol. The Hall–Kier alpha value is -5.41. The zero-order chi connectivity index (χ0) is 52.6. The summed E-state index contributed by atoms with van der Waals surface area (Å²) in [7, 11) is 6.05. The average molecular weight is 978 g/mol. The van der Waals surface area contributed by atoms with Crippen LogP contribution in [0.15, 0.2) is 43.1 Å². The third kappa shape index (κ3) is 15.5. The summed E-state index contributed by atoms with van der Waals surface area (Å²) >= 11 is 0. The maximum atomic E-state index is 15.2. The van der Waals surface area contributed by atoms with Crippen LogP contribution in [0.5, 0.6) is 0 Å². The predicted octanol–water partition coefficient (Wildman–Crippen LogP) is 6.61. The molecular formula is C54H87N7O9. The van der Waals surface area contributed by atoms with Crippen molar-refractivity contribution in [2.45, 2.75) is 188 Å². The van der Waals surface area contributed by atoms with Crippen molar-refractivity contribution in [1.82, 2.24) is 35.4 Å². The van der Waals surface area contributed by atoms with Crippen molar-refractivity contribution in [2.75, 3.05) is 28.3 Å². The fourth-order valence-corrected chi connectivity index (χ4v) is 9.39. The summed E-state index contributed by atoms with van der Waals surface area (Å²) in [5.41, 5.74) is -0.258. The summed E-state index contributed by atoms with van der Waals surface area (Å²) in [6, 6.07) is 1.88. The van der Waals surface area contributed by atoms with Gasteiger partial charge in [0, 0.05) is 39.1 Å². The SMILES string of the molecule is C=CCC1(C)C(=O)OC(C)C(=O)NC(CC(C)CCCC)C(=O)N(C)C(CC(C)C)C(=O)NC(CC(C)C)C(=O)N(C)C(Cc2cn(OC)c3ccccc23)C(=O)NC(CC(C)CCCC)C(=O)N1C. The van der Waals surface area contributed by atoms with Crippen LogP contribution in [0, 0.1) is 23.7 Å². The van der Waals surface area contributed by atoms with Gasteiger partial charge < -0.3 is 40.2 Å². The molecule has 3 rings (SSSR count). The molecule has 0 spiro atoms. The number of fused-ring (bicyclic) bond motifs is 1. The molecule has 16 nitrogen and oxygen atoms in total. The molecule has 70 heavy (non-hydrogen) atoms. The van der Waals surface area contributed by atoms with Crippen LogP contribution in [0.3, 0.4) is 0 Å². The van der Waals surface area contributed by atoms with Gasteiger partial charge in [-0.25, -0.2) is 4.79 Å². The summed E-state index contributed by atoms with van der Waals surface area (Å²) in [6.07, 6.45) is 7.90. The molecule has 1 fully saturated rings. The number of ether oxygens (including phenoxy) is 1. The third-order valence-corrected chi connectivity index (χ3v) is 13.9. The van der Waals surface area contributed by atoms with Crippen LogP contribution in [0.2, 0.25) is 0 Å². The fraction of sp³-hybridized carbons (Fsp3) is 0.685. The van der Waals surface area contributed by atoms with Crippen molar-refractivity contribution < 1.29 is 43.1 Å². The molecule has 2 aromatic rings. The van der Waals surface area contributed by atoms with E-state index in [-0.39, 0.29) is 62.2 Å². The Kier molecular flexibility index (Phi) is 22.9.